The summed E-state index contributed by atoms with van der Waals surface area (Å²) in [5.74, 6) is 1.63. The number of likely N-dealkylation sites (tertiary alicyclic amines) is 1. The lowest BCUT2D eigenvalue weighted by Crippen LogP contribution is -2.41. The maximum atomic E-state index is 4.55. The van der Waals surface area contributed by atoms with Crippen molar-refractivity contribution in [2.45, 2.75) is 25.4 Å². The van der Waals surface area contributed by atoms with Crippen LogP contribution in [0.2, 0.25) is 0 Å². The average molecular weight is 312 g/mol. The molecule has 3 rings (SSSR count). The summed E-state index contributed by atoms with van der Waals surface area (Å²) in [7, 11) is 3.91. The Hall–Kier alpha value is -2.21. The molecule has 0 radical (unpaired) electrons. The van der Waals surface area contributed by atoms with Gasteiger partial charge in [0.25, 0.3) is 0 Å². The van der Waals surface area contributed by atoms with Crippen LogP contribution in [0.25, 0.3) is 0 Å². The predicted octanol–water partition coefficient (Wildman–Crippen LogP) is 2.01. The molecule has 23 heavy (non-hydrogen) atoms. The van der Waals surface area contributed by atoms with Crippen LogP contribution in [-0.4, -0.2) is 53.1 Å². The van der Waals surface area contributed by atoms with E-state index < -0.39 is 0 Å². The Morgan fingerprint density at radius 3 is 3.00 bits per heavy atom. The van der Waals surface area contributed by atoms with Crippen LogP contribution in [0.4, 0.5) is 11.8 Å². The van der Waals surface area contributed by atoms with E-state index in [9.17, 15) is 0 Å². The van der Waals surface area contributed by atoms with Crippen LogP contribution in [0.15, 0.2) is 36.8 Å². The topological polar surface area (TPSA) is 57.2 Å². The Morgan fingerprint density at radius 1 is 1.30 bits per heavy atom. The maximum absolute atomic E-state index is 4.55. The smallest absolute Gasteiger partial charge is 0.226 e. The summed E-state index contributed by atoms with van der Waals surface area (Å²) in [5.41, 5.74) is 1.27. The highest BCUT2D eigenvalue weighted by atomic mass is 15.2. The zero-order valence-electron chi connectivity index (χ0n) is 13.8. The van der Waals surface area contributed by atoms with Gasteiger partial charge in [0.2, 0.25) is 5.95 Å². The fraction of sp³-hybridized carbons (Fsp3) is 0.471. The van der Waals surface area contributed by atoms with Crippen molar-refractivity contribution in [3.05, 3.63) is 42.4 Å². The largest absolute Gasteiger partial charge is 0.366 e. The third-order valence-corrected chi connectivity index (χ3v) is 4.03. The number of pyridine rings is 1. The highest BCUT2D eigenvalue weighted by Gasteiger charge is 2.20. The number of anilines is 2. The molecule has 0 aromatic carbocycles. The van der Waals surface area contributed by atoms with E-state index >= 15 is 0 Å². The molecule has 0 bridgehead atoms. The van der Waals surface area contributed by atoms with Crippen molar-refractivity contribution in [3.8, 4) is 0 Å². The van der Waals surface area contributed by atoms with E-state index in [1.165, 1.54) is 18.4 Å². The fourth-order valence-corrected chi connectivity index (χ4v) is 2.92. The van der Waals surface area contributed by atoms with Crippen molar-refractivity contribution in [1.29, 1.82) is 0 Å². The van der Waals surface area contributed by atoms with Crippen molar-refractivity contribution in [3.63, 3.8) is 0 Å². The number of piperidine rings is 1. The van der Waals surface area contributed by atoms with E-state index in [1.807, 2.05) is 43.5 Å². The summed E-state index contributed by atoms with van der Waals surface area (Å²) in [4.78, 5) is 17.4. The lowest BCUT2D eigenvalue weighted by atomic mass is 10.1. The van der Waals surface area contributed by atoms with Gasteiger partial charge in [-0.25, -0.2) is 4.98 Å². The molecule has 122 valence electrons. The summed E-state index contributed by atoms with van der Waals surface area (Å²) < 4.78 is 0. The normalized spacial score (nSPS) is 18.6. The average Bonchev–Trinajstić information content (AvgIpc) is 2.56. The lowest BCUT2D eigenvalue weighted by molar-refractivity contribution is 0.208. The first-order chi connectivity index (χ1) is 11.2. The zero-order chi connectivity index (χ0) is 16.1. The molecule has 6 nitrogen and oxygen atoms in total. The first-order valence-corrected chi connectivity index (χ1v) is 8.09. The molecule has 0 saturated carbocycles. The molecule has 1 saturated heterocycles. The van der Waals surface area contributed by atoms with Crippen LogP contribution in [0, 0.1) is 0 Å². The molecule has 0 amide bonds. The summed E-state index contributed by atoms with van der Waals surface area (Å²) in [5, 5.41) is 3.56. The van der Waals surface area contributed by atoms with E-state index in [0.29, 0.717) is 6.04 Å². The Balaban J connectivity index is 1.59. The van der Waals surface area contributed by atoms with Crippen molar-refractivity contribution in [2.75, 3.05) is 37.4 Å². The summed E-state index contributed by atoms with van der Waals surface area (Å²) in [6, 6.07) is 6.49. The van der Waals surface area contributed by atoms with Gasteiger partial charge in [0, 0.05) is 51.8 Å². The molecule has 0 aliphatic carbocycles. The van der Waals surface area contributed by atoms with E-state index in [0.717, 1.165) is 31.4 Å². The number of rotatable bonds is 5. The highest BCUT2D eigenvalue weighted by molar-refractivity contribution is 5.41. The number of nitrogens with zero attached hydrogens (tertiary/aromatic N) is 5. The quantitative estimate of drug-likeness (QED) is 0.911. The standard InChI is InChI=1S/C17H24N6/c1-22(2)17-19-9-7-16(21-17)20-15-6-4-10-23(13-15)12-14-5-3-8-18-11-14/h3,5,7-9,11,15H,4,6,10,12-13H2,1-2H3,(H,19,20,21). The van der Waals surface area contributed by atoms with E-state index in [-0.39, 0.29) is 0 Å². The molecule has 1 atom stereocenters. The molecule has 0 spiro atoms. The van der Waals surface area contributed by atoms with Crippen molar-refractivity contribution < 1.29 is 0 Å². The third kappa shape index (κ3) is 4.39. The van der Waals surface area contributed by atoms with Crippen LogP contribution in [0.3, 0.4) is 0 Å². The number of nitrogens with one attached hydrogen (secondary N) is 1. The second-order valence-electron chi connectivity index (χ2n) is 6.22. The molecular weight excluding hydrogens is 288 g/mol. The van der Waals surface area contributed by atoms with Gasteiger partial charge in [-0.05, 0) is 37.1 Å². The predicted molar refractivity (Wildman–Crippen MR) is 92.5 cm³/mol. The first kappa shape index (κ1) is 15.7. The second kappa shape index (κ2) is 7.37. The Bertz CT molecular complexity index is 615. The van der Waals surface area contributed by atoms with Gasteiger partial charge in [0.15, 0.2) is 0 Å². The summed E-state index contributed by atoms with van der Waals surface area (Å²) in [6.07, 6.45) is 7.95. The van der Waals surface area contributed by atoms with Gasteiger partial charge in [0.1, 0.15) is 5.82 Å². The van der Waals surface area contributed by atoms with Gasteiger partial charge >= 0.3 is 0 Å². The second-order valence-corrected chi connectivity index (χ2v) is 6.22. The van der Waals surface area contributed by atoms with E-state index in [2.05, 4.69) is 31.2 Å². The first-order valence-electron chi connectivity index (χ1n) is 8.09. The van der Waals surface area contributed by atoms with Gasteiger partial charge in [-0.1, -0.05) is 6.07 Å². The Morgan fingerprint density at radius 2 is 2.22 bits per heavy atom. The molecule has 1 fully saturated rings. The zero-order valence-corrected chi connectivity index (χ0v) is 13.8. The van der Waals surface area contributed by atoms with Crippen molar-refractivity contribution in [1.82, 2.24) is 19.9 Å². The number of aromatic nitrogens is 3. The van der Waals surface area contributed by atoms with Gasteiger partial charge < -0.3 is 10.2 Å². The van der Waals surface area contributed by atoms with Crippen molar-refractivity contribution in [2.24, 2.45) is 0 Å². The molecule has 1 aliphatic heterocycles. The van der Waals surface area contributed by atoms with Crippen LogP contribution in [0.5, 0.6) is 0 Å². The van der Waals surface area contributed by atoms with Gasteiger partial charge in [-0.2, -0.15) is 4.98 Å². The monoisotopic (exact) mass is 312 g/mol. The molecule has 6 heteroatoms. The minimum absolute atomic E-state index is 0.422. The minimum atomic E-state index is 0.422. The molecule has 1 unspecified atom stereocenters. The van der Waals surface area contributed by atoms with E-state index in [4.69, 9.17) is 0 Å². The number of hydrogen-bond acceptors (Lipinski definition) is 6. The minimum Gasteiger partial charge on any atom is -0.366 e. The van der Waals surface area contributed by atoms with E-state index in [1.54, 1.807) is 6.20 Å². The van der Waals surface area contributed by atoms with Gasteiger partial charge in [0.05, 0.1) is 0 Å². The molecular formula is C17H24N6. The van der Waals surface area contributed by atoms with Crippen LogP contribution in [-0.2, 0) is 6.54 Å². The van der Waals surface area contributed by atoms with Crippen LogP contribution < -0.4 is 10.2 Å². The molecule has 2 aromatic heterocycles. The van der Waals surface area contributed by atoms with Gasteiger partial charge in [-0.3, -0.25) is 9.88 Å². The maximum Gasteiger partial charge on any atom is 0.226 e. The lowest BCUT2D eigenvalue weighted by Gasteiger charge is -2.33. The van der Waals surface area contributed by atoms with Gasteiger partial charge in [-0.15, -0.1) is 0 Å². The molecule has 1 N–H and O–H groups in total. The highest BCUT2D eigenvalue weighted by Crippen LogP contribution is 2.17. The third-order valence-electron chi connectivity index (χ3n) is 4.03. The summed E-state index contributed by atoms with van der Waals surface area (Å²) in [6.45, 7) is 3.12. The number of hydrogen-bond donors (Lipinski definition) is 1. The molecule has 3 heterocycles. The van der Waals surface area contributed by atoms with Crippen molar-refractivity contribution >= 4 is 11.8 Å². The summed E-state index contributed by atoms with van der Waals surface area (Å²) >= 11 is 0. The Kier molecular flexibility index (Phi) is 5.02. The van der Waals surface area contributed by atoms with Crippen LogP contribution in [0.1, 0.15) is 18.4 Å². The SMILES string of the molecule is CN(C)c1nccc(NC2CCCN(Cc3cccnc3)C2)n1. The molecule has 2 aromatic rings. The molecule has 1 aliphatic rings. The van der Waals surface area contributed by atoms with Crippen LogP contribution >= 0.6 is 0 Å². The fourth-order valence-electron chi connectivity index (χ4n) is 2.92. The Labute approximate surface area is 137 Å².